The van der Waals surface area contributed by atoms with Crippen molar-refractivity contribution < 1.29 is 14.7 Å². The summed E-state index contributed by atoms with van der Waals surface area (Å²) in [6, 6.07) is 1.98. The maximum absolute atomic E-state index is 12.9. The summed E-state index contributed by atoms with van der Waals surface area (Å²) in [6.07, 6.45) is 1.36. The second-order valence-electron chi connectivity index (χ2n) is 6.37. The van der Waals surface area contributed by atoms with Crippen LogP contribution in [0.4, 0.5) is 5.13 Å². The SMILES string of the molecule is CCN(CC)c1nc2sc(C(=O)N3CC(C(=O)O)CCC3C)cc2s1. The molecule has 0 bridgehead atoms. The number of carboxylic acid groups (broad SMARTS) is 1. The van der Waals surface area contributed by atoms with Gasteiger partial charge in [-0.05, 0) is 39.7 Å². The summed E-state index contributed by atoms with van der Waals surface area (Å²) >= 11 is 3.01. The predicted octanol–water partition coefficient (Wildman–Crippen LogP) is 3.53. The van der Waals surface area contributed by atoms with Crippen LogP contribution in [0.5, 0.6) is 0 Å². The van der Waals surface area contributed by atoms with Crippen LogP contribution in [0.1, 0.15) is 43.3 Å². The molecule has 0 radical (unpaired) electrons. The van der Waals surface area contributed by atoms with E-state index in [0.717, 1.165) is 34.2 Å². The fourth-order valence-electron chi connectivity index (χ4n) is 3.19. The van der Waals surface area contributed by atoms with Gasteiger partial charge in [0, 0.05) is 25.7 Å². The minimum absolute atomic E-state index is 0.0713. The standard InChI is InChI=1S/C17H23N3O3S2/c1-4-19(5-2)17-18-14-12(25-17)8-13(24-14)15(21)20-9-11(16(22)23)7-6-10(20)3/h8,10-11H,4-7,9H2,1-3H3,(H,22,23). The molecule has 0 aliphatic carbocycles. The zero-order chi connectivity index (χ0) is 18.1. The molecule has 1 saturated heterocycles. The molecular formula is C17H23N3O3S2. The van der Waals surface area contributed by atoms with Gasteiger partial charge in [0.1, 0.15) is 4.83 Å². The summed E-state index contributed by atoms with van der Waals surface area (Å²) in [5, 5.41) is 10.2. The number of anilines is 1. The number of hydrogen-bond acceptors (Lipinski definition) is 6. The normalized spacial score (nSPS) is 20.8. The van der Waals surface area contributed by atoms with Crippen molar-refractivity contribution in [1.29, 1.82) is 0 Å². The molecule has 8 heteroatoms. The van der Waals surface area contributed by atoms with Crippen molar-refractivity contribution in [3.05, 3.63) is 10.9 Å². The molecule has 1 fully saturated rings. The number of fused-ring (bicyclic) bond motifs is 1. The third-order valence-corrected chi connectivity index (χ3v) is 7.02. The van der Waals surface area contributed by atoms with E-state index in [1.54, 1.807) is 16.2 Å². The molecule has 3 rings (SSSR count). The van der Waals surface area contributed by atoms with E-state index in [-0.39, 0.29) is 11.9 Å². The summed E-state index contributed by atoms with van der Waals surface area (Å²) in [5.41, 5.74) is 0. The van der Waals surface area contributed by atoms with Crippen molar-refractivity contribution >= 4 is 49.2 Å². The molecule has 0 aromatic carbocycles. The van der Waals surface area contributed by atoms with Gasteiger partial charge < -0.3 is 14.9 Å². The predicted molar refractivity (Wildman–Crippen MR) is 102 cm³/mol. The lowest BCUT2D eigenvalue weighted by molar-refractivity contribution is -0.143. The van der Waals surface area contributed by atoms with Crippen molar-refractivity contribution in [1.82, 2.24) is 9.88 Å². The average molecular weight is 382 g/mol. The lowest BCUT2D eigenvalue weighted by atomic mass is 9.93. The average Bonchev–Trinajstić information content (AvgIpc) is 3.14. The molecule has 6 nitrogen and oxygen atoms in total. The number of aliphatic carboxylic acids is 1. The first-order valence-corrected chi connectivity index (χ1v) is 10.3. The zero-order valence-corrected chi connectivity index (χ0v) is 16.3. The fraction of sp³-hybridized carbons (Fsp3) is 0.588. The molecule has 1 aliphatic rings. The topological polar surface area (TPSA) is 73.7 Å². The third-order valence-electron chi connectivity index (χ3n) is 4.81. The van der Waals surface area contributed by atoms with Gasteiger partial charge in [-0.15, -0.1) is 11.3 Å². The van der Waals surface area contributed by atoms with Crippen molar-refractivity contribution in [3.8, 4) is 0 Å². The second kappa shape index (κ2) is 7.29. The number of likely N-dealkylation sites (tertiary alicyclic amines) is 1. The molecule has 25 heavy (non-hydrogen) atoms. The number of aromatic nitrogens is 1. The Morgan fingerprint density at radius 2 is 2.04 bits per heavy atom. The summed E-state index contributed by atoms with van der Waals surface area (Å²) in [5.74, 6) is -1.35. The van der Waals surface area contributed by atoms with E-state index in [0.29, 0.717) is 17.8 Å². The highest BCUT2D eigenvalue weighted by atomic mass is 32.1. The Labute approximate surface area is 155 Å². The van der Waals surface area contributed by atoms with Crippen LogP contribution in [-0.4, -0.2) is 52.5 Å². The first kappa shape index (κ1) is 18.1. The van der Waals surface area contributed by atoms with E-state index < -0.39 is 11.9 Å². The number of hydrogen-bond donors (Lipinski definition) is 1. The summed E-state index contributed by atoms with van der Waals surface area (Å²) < 4.78 is 1.02. The van der Waals surface area contributed by atoms with Crippen molar-refractivity contribution in [2.45, 2.75) is 39.7 Å². The number of piperidine rings is 1. The first-order chi connectivity index (χ1) is 11.9. The number of rotatable bonds is 5. The Morgan fingerprint density at radius 1 is 1.32 bits per heavy atom. The molecule has 3 heterocycles. The van der Waals surface area contributed by atoms with Gasteiger partial charge in [0.2, 0.25) is 0 Å². The molecule has 2 aromatic heterocycles. The number of carbonyl (C=O) groups is 2. The van der Waals surface area contributed by atoms with Gasteiger partial charge in [-0.1, -0.05) is 11.3 Å². The maximum Gasteiger partial charge on any atom is 0.308 e. The van der Waals surface area contributed by atoms with Crippen LogP contribution < -0.4 is 4.90 Å². The number of nitrogens with zero attached hydrogens (tertiary/aromatic N) is 3. The monoisotopic (exact) mass is 381 g/mol. The van der Waals surface area contributed by atoms with Crippen molar-refractivity contribution in [3.63, 3.8) is 0 Å². The van der Waals surface area contributed by atoms with E-state index in [1.807, 2.05) is 13.0 Å². The van der Waals surface area contributed by atoms with E-state index in [4.69, 9.17) is 0 Å². The number of amides is 1. The lowest BCUT2D eigenvalue weighted by Crippen LogP contribution is -2.47. The van der Waals surface area contributed by atoms with Gasteiger partial charge in [0.25, 0.3) is 5.91 Å². The molecule has 2 unspecified atom stereocenters. The van der Waals surface area contributed by atoms with E-state index in [9.17, 15) is 14.7 Å². The van der Waals surface area contributed by atoms with Crippen molar-refractivity contribution in [2.75, 3.05) is 24.5 Å². The maximum atomic E-state index is 12.9. The Kier molecular flexibility index (Phi) is 5.29. The minimum atomic E-state index is -0.817. The molecule has 1 N–H and O–H groups in total. The molecule has 1 aliphatic heterocycles. The van der Waals surface area contributed by atoms with Gasteiger partial charge in [-0.25, -0.2) is 4.98 Å². The lowest BCUT2D eigenvalue weighted by Gasteiger charge is -2.36. The third kappa shape index (κ3) is 3.50. The summed E-state index contributed by atoms with van der Waals surface area (Å²) in [7, 11) is 0. The first-order valence-electron chi connectivity index (χ1n) is 8.63. The van der Waals surface area contributed by atoms with Crippen molar-refractivity contribution in [2.24, 2.45) is 5.92 Å². The smallest absolute Gasteiger partial charge is 0.308 e. The van der Waals surface area contributed by atoms with Gasteiger partial charge >= 0.3 is 5.97 Å². The number of carbonyl (C=O) groups excluding carboxylic acids is 1. The molecule has 0 saturated carbocycles. The van der Waals surface area contributed by atoms with Crippen LogP contribution in [-0.2, 0) is 4.79 Å². The van der Waals surface area contributed by atoms with Gasteiger partial charge in [-0.3, -0.25) is 9.59 Å². The molecule has 1 amide bonds. The molecular weight excluding hydrogens is 358 g/mol. The zero-order valence-electron chi connectivity index (χ0n) is 14.7. The highest BCUT2D eigenvalue weighted by molar-refractivity contribution is 7.29. The Bertz CT molecular complexity index is 750. The van der Waals surface area contributed by atoms with Gasteiger partial charge in [0.05, 0.1) is 15.5 Å². The number of carboxylic acids is 1. The number of thiophene rings is 1. The van der Waals surface area contributed by atoms with Crippen LogP contribution in [0.2, 0.25) is 0 Å². The van der Waals surface area contributed by atoms with Gasteiger partial charge in [0.15, 0.2) is 5.13 Å². The number of thiazole rings is 1. The summed E-state index contributed by atoms with van der Waals surface area (Å²) in [4.78, 5) is 34.3. The van der Waals surface area contributed by atoms with Crippen LogP contribution in [0.15, 0.2) is 6.07 Å². The fourth-order valence-corrected chi connectivity index (χ4v) is 5.49. The van der Waals surface area contributed by atoms with Gasteiger partial charge in [-0.2, -0.15) is 0 Å². The Hall–Kier alpha value is -1.67. The highest BCUT2D eigenvalue weighted by Gasteiger charge is 2.33. The second-order valence-corrected chi connectivity index (χ2v) is 8.41. The molecule has 2 aromatic rings. The van der Waals surface area contributed by atoms with Crippen LogP contribution in [0.3, 0.4) is 0 Å². The summed E-state index contributed by atoms with van der Waals surface area (Å²) in [6.45, 7) is 8.30. The quantitative estimate of drug-likeness (QED) is 0.858. The molecule has 136 valence electrons. The van der Waals surface area contributed by atoms with E-state index >= 15 is 0 Å². The van der Waals surface area contributed by atoms with E-state index in [2.05, 4.69) is 23.7 Å². The van der Waals surface area contributed by atoms with Crippen LogP contribution in [0, 0.1) is 5.92 Å². The Morgan fingerprint density at radius 3 is 2.64 bits per heavy atom. The Balaban J connectivity index is 1.82. The molecule has 2 atom stereocenters. The largest absolute Gasteiger partial charge is 0.481 e. The van der Waals surface area contributed by atoms with Crippen LogP contribution in [0.25, 0.3) is 9.53 Å². The van der Waals surface area contributed by atoms with Crippen LogP contribution >= 0.6 is 22.7 Å². The molecule has 0 spiro atoms. The highest BCUT2D eigenvalue weighted by Crippen LogP contribution is 2.36. The minimum Gasteiger partial charge on any atom is -0.481 e. The van der Waals surface area contributed by atoms with E-state index in [1.165, 1.54) is 11.3 Å².